The molecule has 11 heteroatoms. The predicted octanol–water partition coefficient (Wildman–Crippen LogP) is 1.88. The molecule has 0 aliphatic carbocycles. The molecule has 0 radical (unpaired) electrons. The molecule has 1 aromatic carbocycles. The van der Waals surface area contributed by atoms with Crippen LogP contribution in [0.3, 0.4) is 0 Å². The second kappa shape index (κ2) is 7.37. The van der Waals surface area contributed by atoms with Crippen molar-refractivity contribution in [1.29, 1.82) is 0 Å². The Bertz CT molecular complexity index is 888. The van der Waals surface area contributed by atoms with Gasteiger partial charge >= 0.3 is 6.09 Å². The van der Waals surface area contributed by atoms with Gasteiger partial charge in [0.2, 0.25) is 0 Å². The van der Waals surface area contributed by atoms with Crippen molar-refractivity contribution in [1.82, 2.24) is 0 Å². The Hall–Kier alpha value is -1.98. The fourth-order valence-electron chi connectivity index (χ4n) is 3.91. The van der Waals surface area contributed by atoms with E-state index in [9.17, 15) is 22.0 Å². The van der Waals surface area contributed by atoms with Gasteiger partial charge in [-0.1, -0.05) is 0 Å². The van der Waals surface area contributed by atoms with Crippen molar-refractivity contribution in [3.8, 4) is 0 Å². The number of cyclic esters (lactones) is 1. The minimum atomic E-state index is -3.69. The molecule has 1 atom stereocenters. The normalized spacial score (nSPS) is 24.0. The highest BCUT2D eigenvalue weighted by atomic mass is 32.2. The second-order valence-electron chi connectivity index (χ2n) is 7.84. The standard InChI is InChI=1S/C18H22F2N2O6S/c1-29(24,25)27-9-13-8-22(17(23)28-13)12-6-14(19)16(15(20)7-12)21-4-2-18(3-5-21)10-26-11-18/h6-7,13H,2-5,8-11H2,1H3. The van der Waals surface area contributed by atoms with E-state index in [1.165, 1.54) is 0 Å². The van der Waals surface area contributed by atoms with E-state index in [4.69, 9.17) is 9.47 Å². The predicted molar refractivity (Wildman–Crippen MR) is 99.5 cm³/mol. The zero-order chi connectivity index (χ0) is 20.8. The molecule has 0 saturated carbocycles. The highest BCUT2D eigenvalue weighted by Crippen LogP contribution is 2.41. The van der Waals surface area contributed by atoms with E-state index in [-0.39, 0.29) is 29.9 Å². The number of piperidine rings is 1. The van der Waals surface area contributed by atoms with Gasteiger partial charge in [-0.2, -0.15) is 8.42 Å². The number of amides is 1. The molecule has 4 rings (SSSR count). The van der Waals surface area contributed by atoms with Gasteiger partial charge < -0.3 is 14.4 Å². The zero-order valence-corrected chi connectivity index (χ0v) is 16.7. The number of carbonyl (C=O) groups is 1. The van der Waals surface area contributed by atoms with Gasteiger partial charge in [0.15, 0.2) is 11.6 Å². The maximum absolute atomic E-state index is 14.8. The largest absolute Gasteiger partial charge is 0.441 e. The second-order valence-corrected chi connectivity index (χ2v) is 9.49. The molecule has 8 nitrogen and oxygen atoms in total. The van der Waals surface area contributed by atoms with E-state index in [1.807, 2.05) is 0 Å². The van der Waals surface area contributed by atoms with E-state index in [0.29, 0.717) is 26.3 Å². The summed E-state index contributed by atoms with van der Waals surface area (Å²) in [4.78, 5) is 14.8. The summed E-state index contributed by atoms with van der Waals surface area (Å²) < 4.78 is 66.6. The first-order valence-electron chi connectivity index (χ1n) is 9.30. The molecule has 1 aromatic rings. The number of nitrogens with zero attached hydrogens (tertiary/aromatic N) is 2. The molecule has 1 amide bonds. The number of halogens is 2. The molecular weight excluding hydrogens is 410 g/mol. The topological polar surface area (TPSA) is 85.4 Å². The third-order valence-corrected chi connectivity index (χ3v) is 6.18. The molecule has 0 N–H and O–H groups in total. The van der Waals surface area contributed by atoms with Crippen LogP contribution in [0, 0.1) is 17.0 Å². The van der Waals surface area contributed by atoms with Crippen LogP contribution in [0.15, 0.2) is 12.1 Å². The monoisotopic (exact) mass is 432 g/mol. The number of hydrogen-bond acceptors (Lipinski definition) is 7. The molecule has 1 unspecified atom stereocenters. The molecule has 3 aliphatic rings. The van der Waals surface area contributed by atoms with Crippen LogP contribution in [-0.4, -0.2) is 66.3 Å². The minimum Gasteiger partial charge on any atom is -0.441 e. The van der Waals surface area contributed by atoms with Gasteiger partial charge in [0, 0.05) is 30.6 Å². The third kappa shape index (κ3) is 4.17. The van der Waals surface area contributed by atoms with Crippen LogP contribution in [0.5, 0.6) is 0 Å². The third-order valence-electron chi connectivity index (χ3n) is 5.61. The first-order chi connectivity index (χ1) is 13.7. The summed E-state index contributed by atoms with van der Waals surface area (Å²) in [5.41, 5.74) is 0.0519. The number of carbonyl (C=O) groups excluding carboxylic acids is 1. The van der Waals surface area contributed by atoms with Crippen molar-refractivity contribution >= 4 is 27.6 Å². The fourth-order valence-corrected chi connectivity index (χ4v) is 4.31. The average Bonchev–Trinajstić information content (AvgIpc) is 2.99. The maximum Gasteiger partial charge on any atom is 0.414 e. The van der Waals surface area contributed by atoms with E-state index in [1.54, 1.807) is 4.90 Å². The first kappa shape index (κ1) is 20.3. The molecule has 0 aromatic heterocycles. The van der Waals surface area contributed by atoms with E-state index >= 15 is 0 Å². The Morgan fingerprint density at radius 1 is 1.21 bits per heavy atom. The Morgan fingerprint density at radius 3 is 2.34 bits per heavy atom. The summed E-state index contributed by atoms with van der Waals surface area (Å²) in [6, 6.07) is 2.19. The quantitative estimate of drug-likeness (QED) is 0.657. The summed E-state index contributed by atoms with van der Waals surface area (Å²) in [6.07, 6.45) is 0.836. The van der Waals surface area contributed by atoms with Crippen molar-refractivity contribution in [3.05, 3.63) is 23.8 Å². The van der Waals surface area contributed by atoms with Crippen LogP contribution in [0.25, 0.3) is 0 Å². The van der Waals surface area contributed by atoms with Gasteiger partial charge in [0.05, 0.1) is 31.7 Å². The Morgan fingerprint density at radius 2 is 1.83 bits per heavy atom. The number of anilines is 2. The van der Waals surface area contributed by atoms with Crippen molar-refractivity contribution in [2.24, 2.45) is 5.41 Å². The van der Waals surface area contributed by atoms with Crippen LogP contribution >= 0.6 is 0 Å². The lowest BCUT2D eigenvalue weighted by molar-refractivity contribution is -0.124. The van der Waals surface area contributed by atoms with E-state index in [0.717, 1.165) is 36.1 Å². The highest BCUT2D eigenvalue weighted by molar-refractivity contribution is 7.85. The van der Waals surface area contributed by atoms with Crippen molar-refractivity contribution in [3.63, 3.8) is 0 Å². The summed E-state index contributed by atoms with van der Waals surface area (Å²) >= 11 is 0. The molecule has 0 bridgehead atoms. The van der Waals surface area contributed by atoms with Crippen molar-refractivity contribution in [2.45, 2.75) is 18.9 Å². The molecule has 3 fully saturated rings. The SMILES string of the molecule is CS(=O)(=O)OCC1CN(c2cc(F)c(N3CCC4(CC3)COC4)c(F)c2)C(=O)O1. The van der Waals surface area contributed by atoms with Crippen LogP contribution in [-0.2, 0) is 23.8 Å². The lowest BCUT2D eigenvalue weighted by atomic mass is 9.77. The lowest BCUT2D eigenvalue weighted by Gasteiger charge is -2.47. The maximum atomic E-state index is 14.8. The molecule has 29 heavy (non-hydrogen) atoms. The van der Waals surface area contributed by atoms with E-state index in [2.05, 4.69) is 4.18 Å². The zero-order valence-electron chi connectivity index (χ0n) is 15.9. The minimum absolute atomic E-state index is 0.0106. The van der Waals surface area contributed by atoms with Gasteiger partial charge in [-0.3, -0.25) is 9.08 Å². The van der Waals surface area contributed by atoms with Gasteiger partial charge in [-0.25, -0.2) is 13.6 Å². The average molecular weight is 432 g/mol. The van der Waals surface area contributed by atoms with Crippen LogP contribution in [0.2, 0.25) is 0 Å². The summed E-state index contributed by atoms with van der Waals surface area (Å²) in [5, 5.41) is 0. The first-order valence-corrected chi connectivity index (χ1v) is 11.1. The fraction of sp³-hybridized carbons (Fsp3) is 0.611. The Labute approximate surface area is 167 Å². The van der Waals surface area contributed by atoms with Crippen LogP contribution in [0.1, 0.15) is 12.8 Å². The summed E-state index contributed by atoms with van der Waals surface area (Å²) in [5.74, 6) is -1.52. The number of ether oxygens (including phenoxy) is 2. The van der Waals surface area contributed by atoms with Gasteiger partial charge in [-0.15, -0.1) is 0 Å². The molecule has 1 spiro atoms. The molecule has 3 aliphatic heterocycles. The molecule has 3 saturated heterocycles. The Balaban J connectivity index is 1.46. The number of benzene rings is 1. The molecule has 3 heterocycles. The van der Waals surface area contributed by atoms with E-state index < -0.39 is 33.9 Å². The molecule has 160 valence electrons. The van der Waals surface area contributed by atoms with Gasteiger partial charge in [0.1, 0.15) is 18.4 Å². The number of rotatable bonds is 5. The number of hydrogen-bond donors (Lipinski definition) is 0. The smallest absolute Gasteiger partial charge is 0.414 e. The lowest BCUT2D eigenvalue weighted by Crippen LogP contribution is -2.51. The Kier molecular flexibility index (Phi) is 5.16. The van der Waals surface area contributed by atoms with Crippen molar-refractivity contribution < 1.29 is 35.6 Å². The van der Waals surface area contributed by atoms with Crippen molar-refractivity contribution in [2.75, 3.05) is 55.5 Å². The summed E-state index contributed by atoms with van der Waals surface area (Å²) in [6.45, 7) is 2.04. The molecular formula is C18H22F2N2O6S. The van der Waals surface area contributed by atoms with Crippen LogP contribution in [0.4, 0.5) is 25.0 Å². The highest BCUT2D eigenvalue weighted by Gasteiger charge is 2.42. The summed E-state index contributed by atoms with van der Waals surface area (Å²) in [7, 11) is -3.69. The van der Waals surface area contributed by atoms with Gasteiger partial charge in [-0.05, 0) is 12.8 Å². The van der Waals surface area contributed by atoms with Crippen LogP contribution < -0.4 is 9.80 Å². The van der Waals surface area contributed by atoms with Gasteiger partial charge in [0.25, 0.3) is 10.1 Å².